The normalized spacial score (nSPS) is 24.4. The molecule has 4 aliphatic heterocycles. The van der Waals surface area contributed by atoms with E-state index in [1.807, 2.05) is 13.0 Å². The molecule has 2 amide bonds. The summed E-state index contributed by atoms with van der Waals surface area (Å²) in [5.41, 5.74) is -0.613. The van der Waals surface area contributed by atoms with Crippen molar-refractivity contribution in [2.45, 2.75) is 12.5 Å². The first kappa shape index (κ1) is 24.4. The van der Waals surface area contributed by atoms with Gasteiger partial charge in [0.25, 0.3) is 17.6 Å². The van der Waals surface area contributed by atoms with E-state index in [0.717, 1.165) is 0 Å². The fourth-order valence-corrected chi connectivity index (χ4v) is 5.88. The van der Waals surface area contributed by atoms with E-state index >= 15 is 0 Å². The third kappa shape index (κ3) is 3.51. The van der Waals surface area contributed by atoms with E-state index in [-0.39, 0.29) is 17.7 Å². The number of carbonyl (C=O) groups is 3. The number of likely N-dealkylation sites (tertiary alicyclic amines) is 1. The number of fused-ring (bicyclic) bond motifs is 3. The number of hydrogen-bond acceptors (Lipinski definition) is 8. The maximum atomic E-state index is 14.3. The zero-order valence-electron chi connectivity index (χ0n) is 21.1. The highest BCUT2D eigenvalue weighted by Crippen LogP contribution is 2.53. The number of ketones is 1. The second-order valence-electron chi connectivity index (χ2n) is 9.60. The van der Waals surface area contributed by atoms with Crippen LogP contribution in [-0.2, 0) is 24.7 Å². The first-order valence-corrected chi connectivity index (χ1v) is 12.9. The number of aliphatic hydroxyl groups excluding tert-OH is 1. The number of nitrogens with zero attached hydrogens (tertiary/aromatic N) is 3. The van der Waals surface area contributed by atoms with E-state index in [9.17, 15) is 19.5 Å². The highest BCUT2D eigenvalue weighted by Gasteiger charge is 2.66. The van der Waals surface area contributed by atoms with Gasteiger partial charge in [0.1, 0.15) is 19.0 Å². The smallest absolute Gasteiger partial charge is 0.296 e. The Kier molecular flexibility index (Phi) is 6.08. The summed E-state index contributed by atoms with van der Waals surface area (Å²) >= 11 is 0. The van der Waals surface area contributed by atoms with Crippen molar-refractivity contribution >= 4 is 29.0 Å². The number of carbonyl (C=O) groups excluding carboxylic acids is 3. The van der Waals surface area contributed by atoms with Crippen LogP contribution in [0.25, 0.3) is 5.76 Å². The number of anilines is 1. The van der Waals surface area contributed by atoms with E-state index in [0.29, 0.717) is 75.4 Å². The molecule has 198 valence electrons. The minimum Gasteiger partial charge on any atom is -0.507 e. The Labute approximate surface area is 220 Å². The second-order valence-corrected chi connectivity index (χ2v) is 9.60. The van der Waals surface area contributed by atoms with Gasteiger partial charge in [0.05, 0.1) is 24.5 Å². The highest BCUT2D eigenvalue weighted by molar-refractivity contribution is 6.50. The molecule has 0 aromatic heterocycles. The third-order valence-corrected chi connectivity index (χ3v) is 7.68. The fraction of sp³-hybridized carbons (Fsp3) is 0.393. The van der Waals surface area contributed by atoms with Gasteiger partial charge >= 0.3 is 0 Å². The van der Waals surface area contributed by atoms with Crippen molar-refractivity contribution in [1.82, 2.24) is 9.80 Å². The summed E-state index contributed by atoms with van der Waals surface area (Å²) in [5.74, 6) is -1.60. The molecule has 4 aliphatic rings. The molecule has 2 aromatic carbocycles. The summed E-state index contributed by atoms with van der Waals surface area (Å²) in [7, 11) is 0. The summed E-state index contributed by atoms with van der Waals surface area (Å²) in [4.78, 5) is 46.7. The van der Waals surface area contributed by atoms with Crippen molar-refractivity contribution in [2.24, 2.45) is 0 Å². The number of hydrogen-bond donors (Lipinski definition) is 1. The zero-order chi connectivity index (χ0) is 26.4. The predicted molar refractivity (Wildman–Crippen MR) is 137 cm³/mol. The van der Waals surface area contributed by atoms with E-state index < -0.39 is 28.9 Å². The molecule has 0 aliphatic carbocycles. The number of Topliss-reactive ketones (excluding diaryl/α,β-unsaturated/α-hetero) is 1. The van der Waals surface area contributed by atoms with Gasteiger partial charge in [0.2, 0.25) is 0 Å². The standard InChI is InChI=1S/C28H29N3O7/c1-2-30-20-6-4-3-5-19(20)28(27(30)35)23(24(32)18-7-8-21-22(17-18)38-16-15-37-21)25(33)26(34)31(28)10-9-29-11-13-36-14-12-29/h3-8,17,32H,2,9-16H2,1H3/b24-23-/t28-/m0/s1. The van der Waals surface area contributed by atoms with Crippen LogP contribution in [0.5, 0.6) is 11.5 Å². The Morgan fingerprint density at radius 2 is 1.68 bits per heavy atom. The number of amides is 2. The fourth-order valence-electron chi connectivity index (χ4n) is 5.88. The first-order chi connectivity index (χ1) is 18.5. The molecule has 4 heterocycles. The van der Waals surface area contributed by atoms with E-state index in [4.69, 9.17) is 14.2 Å². The Hall–Kier alpha value is -3.89. The quantitative estimate of drug-likeness (QED) is 0.362. The van der Waals surface area contributed by atoms with E-state index in [1.54, 1.807) is 41.3 Å². The van der Waals surface area contributed by atoms with Crippen molar-refractivity contribution < 1.29 is 33.7 Å². The van der Waals surface area contributed by atoms with Gasteiger partial charge in [-0.1, -0.05) is 18.2 Å². The number of aliphatic hydroxyl groups is 1. The Balaban J connectivity index is 1.53. The minimum atomic E-state index is -1.77. The number of morpholine rings is 1. The van der Waals surface area contributed by atoms with Gasteiger partial charge in [0.15, 0.2) is 17.0 Å². The maximum absolute atomic E-state index is 14.3. The number of para-hydroxylation sites is 1. The average Bonchev–Trinajstić information content (AvgIpc) is 3.34. The Bertz CT molecular complexity index is 1350. The Morgan fingerprint density at radius 1 is 0.947 bits per heavy atom. The zero-order valence-corrected chi connectivity index (χ0v) is 21.1. The SMILES string of the molecule is CCN1C(=O)[C@@]2(/C(=C(\O)c3ccc4c(c3)OCCO4)C(=O)C(=O)N2CCN2CCOCC2)c2ccccc21. The second kappa shape index (κ2) is 9.45. The molecule has 0 radical (unpaired) electrons. The summed E-state index contributed by atoms with van der Waals surface area (Å²) in [6, 6.07) is 12.0. The molecule has 6 rings (SSSR count). The van der Waals surface area contributed by atoms with Gasteiger partial charge in [-0.2, -0.15) is 0 Å². The average molecular weight is 520 g/mol. The van der Waals surface area contributed by atoms with Gasteiger partial charge in [-0.3, -0.25) is 19.3 Å². The molecule has 2 saturated heterocycles. The molecule has 0 saturated carbocycles. The maximum Gasteiger partial charge on any atom is 0.296 e. The molecule has 38 heavy (non-hydrogen) atoms. The number of ether oxygens (including phenoxy) is 3. The van der Waals surface area contributed by atoms with Gasteiger partial charge < -0.3 is 29.1 Å². The number of likely N-dealkylation sites (N-methyl/N-ethyl adjacent to an activating group) is 1. The van der Waals surface area contributed by atoms with Crippen LogP contribution >= 0.6 is 0 Å². The predicted octanol–water partition coefficient (Wildman–Crippen LogP) is 1.73. The van der Waals surface area contributed by atoms with Crippen molar-refractivity contribution in [1.29, 1.82) is 0 Å². The Morgan fingerprint density at radius 3 is 2.45 bits per heavy atom. The van der Waals surface area contributed by atoms with Gasteiger partial charge in [0, 0.05) is 43.9 Å². The van der Waals surface area contributed by atoms with E-state index in [1.165, 1.54) is 4.90 Å². The van der Waals surface area contributed by atoms with Crippen LogP contribution in [0.1, 0.15) is 18.1 Å². The summed E-state index contributed by atoms with van der Waals surface area (Å²) < 4.78 is 16.7. The molecule has 2 aromatic rings. The van der Waals surface area contributed by atoms with Crippen LogP contribution in [0.4, 0.5) is 5.69 Å². The molecule has 10 heteroatoms. The van der Waals surface area contributed by atoms with Crippen LogP contribution in [0.15, 0.2) is 48.0 Å². The molecular formula is C28H29N3O7. The van der Waals surface area contributed by atoms with Crippen molar-refractivity contribution in [3.05, 3.63) is 59.2 Å². The lowest BCUT2D eigenvalue weighted by molar-refractivity contribution is -0.144. The lowest BCUT2D eigenvalue weighted by Gasteiger charge is -2.36. The van der Waals surface area contributed by atoms with Gasteiger partial charge in [-0.25, -0.2) is 0 Å². The summed E-state index contributed by atoms with van der Waals surface area (Å²) in [6.07, 6.45) is 0. The molecule has 1 N–H and O–H groups in total. The molecule has 0 unspecified atom stereocenters. The largest absolute Gasteiger partial charge is 0.507 e. The molecule has 0 bridgehead atoms. The van der Waals surface area contributed by atoms with Crippen molar-refractivity contribution in [2.75, 3.05) is 64.1 Å². The van der Waals surface area contributed by atoms with Crippen molar-refractivity contribution in [3.63, 3.8) is 0 Å². The van der Waals surface area contributed by atoms with Crippen LogP contribution in [0.2, 0.25) is 0 Å². The molecule has 2 fully saturated rings. The van der Waals surface area contributed by atoms with E-state index in [2.05, 4.69) is 4.90 Å². The first-order valence-electron chi connectivity index (χ1n) is 12.9. The van der Waals surface area contributed by atoms with Crippen LogP contribution in [-0.4, -0.2) is 91.7 Å². The molecular weight excluding hydrogens is 490 g/mol. The van der Waals surface area contributed by atoms with Crippen molar-refractivity contribution in [3.8, 4) is 11.5 Å². The molecule has 1 atom stereocenters. The number of rotatable bonds is 5. The minimum absolute atomic E-state index is 0.139. The highest BCUT2D eigenvalue weighted by atomic mass is 16.6. The lowest BCUT2D eigenvalue weighted by atomic mass is 9.82. The molecule has 10 nitrogen and oxygen atoms in total. The topological polar surface area (TPSA) is 109 Å². The number of benzene rings is 2. The summed E-state index contributed by atoms with van der Waals surface area (Å²) in [6.45, 7) is 6.10. The lowest BCUT2D eigenvalue weighted by Crippen LogP contribution is -2.54. The third-order valence-electron chi connectivity index (χ3n) is 7.68. The summed E-state index contributed by atoms with van der Waals surface area (Å²) in [5, 5.41) is 11.7. The van der Waals surface area contributed by atoms with Crippen LogP contribution in [0, 0.1) is 0 Å². The van der Waals surface area contributed by atoms with Crippen LogP contribution < -0.4 is 14.4 Å². The monoisotopic (exact) mass is 519 g/mol. The molecule has 1 spiro atoms. The van der Waals surface area contributed by atoms with Gasteiger partial charge in [-0.15, -0.1) is 0 Å². The van der Waals surface area contributed by atoms with Crippen LogP contribution in [0.3, 0.4) is 0 Å². The van der Waals surface area contributed by atoms with Gasteiger partial charge in [-0.05, 0) is 31.2 Å².